The minimum Gasteiger partial charge on any atom is -0.422 e. The number of hydrogen-bond acceptors (Lipinski definition) is 7. The minimum absolute atomic E-state index is 0.375. The van der Waals surface area contributed by atoms with E-state index < -0.39 is 53.6 Å². The molecule has 0 saturated carbocycles. The molecule has 3 heterocycles. The van der Waals surface area contributed by atoms with Crippen molar-refractivity contribution < 1.29 is 33.4 Å². The van der Waals surface area contributed by atoms with E-state index in [1.54, 1.807) is 30.3 Å². The van der Waals surface area contributed by atoms with Crippen molar-refractivity contribution >= 4 is 41.0 Å². The van der Waals surface area contributed by atoms with Gasteiger partial charge in [-0.2, -0.15) is 0 Å². The number of ether oxygens (including phenoxy) is 3. The molecule has 0 aromatic heterocycles. The largest absolute Gasteiger partial charge is 0.422 e. The van der Waals surface area contributed by atoms with Crippen LogP contribution in [0.3, 0.4) is 0 Å². The molecule has 0 spiro atoms. The van der Waals surface area contributed by atoms with E-state index in [4.69, 9.17) is 25.8 Å². The molecule has 2 saturated heterocycles. The van der Waals surface area contributed by atoms with E-state index in [-0.39, 0.29) is 0 Å². The average molecular weight is 406 g/mol. The highest BCUT2D eigenvalue weighted by molar-refractivity contribution is 6.31. The second kappa shape index (κ2) is 6.42. The fourth-order valence-electron chi connectivity index (χ4n) is 4.06. The van der Waals surface area contributed by atoms with Crippen LogP contribution in [-0.2, 0) is 33.4 Å². The smallest absolute Gasteiger partial charge is 0.305 e. The van der Waals surface area contributed by atoms with Gasteiger partial charge in [-0.1, -0.05) is 17.7 Å². The molecule has 146 valence electrons. The van der Waals surface area contributed by atoms with Gasteiger partial charge in [0.05, 0.1) is 23.6 Å². The molecule has 0 unspecified atom stereocenters. The lowest BCUT2D eigenvalue weighted by atomic mass is 9.76. The summed E-state index contributed by atoms with van der Waals surface area (Å²) in [5, 5.41) is 0.467. The maximum atomic E-state index is 13.2. The Bertz CT molecular complexity index is 895. The summed E-state index contributed by atoms with van der Waals surface area (Å²) >= 11 is 5.89. The molecular formula is C19H16ClNO7. The summed E-state index contributed by atoms with van der Waals surface area (Å²) in [6, 6.07) is 6.28. The summed E-state index contributed by atoms with van der Waals surface area (Å²) in [5.41, 5.74) is -1.18. The number of rotatable bonds is 4. The van der Waals surface area contributed by atoms with Gasteiger partial charge in [-0.25, -0.2) is 4.90 Å². The highest BCUT2D eigenvalue weighted by atomic mass is 35.5. The van der Waals surface area contributed by atoms with Crippen molar-refractivity contribution in [3.8, 4) is 0 Å². The molecule has 0 aliphatic carbocycles. The van der Waals surface area contributed by atoms with Crippen molar-refractivity contribution in [1.29, 1.82) is 0 Å². The predicted octanol–water partition coefficient (Wildman–Crippen LogP) is 1.61. The molecule has 3 aliphatic rings. The van der Waals surface area contributed by atoms with Gasteiger partial charge in [0.25, 0.3) is 6.29 Å². The number of anilines is 1. The zero-order valence-corrected chi connectivity index (χ0v) is 15.7. The van der Waals surface area contributed by atoms with E-state index in [9.17, 15) is 19.2 Å². The van der Waals surface area contributed by atoms with E-state index in [2.05, 4.69) is 0 Å². The van der Waals surface area contributed by atoms with Crippen molar-refractivity contribution in [3.63, 3.8) is 0 Å². The Labute approximate surface area is 165 Å². The summed E-state index contributed by atoms with van der Waals surface area (Å²) in [7, 11) is 0. The SMILES string of the molecule is CC(=O)OC(OC(C)=O)[C@@]12C=C[C@@H](O1)[C@H]1C(=O)N(c3ccc(Cl)cc3)C(=O)[C@@H]12. The highest BCUT2D eigenvalue weighted by Gasteiger charge is 2.72. The van der Waals surface area contributed by atoms with Crippen LogP contribution in [0.5, 0.6) is 0 Å². The van der Waals surface area contributed by atoms with Crippen molar-refractivity contribution in [1.82, 2.24) is 0 Å². The average Bonchev–Trinajstić information content (AvgIpc) is 3.26. The molecule has 4 atom stereocenters. The van der Waals surface area contributed by atoms with E-state index >= 15 is 0 Å². The Hall–Kier alpha value is -2.71. The molecule has 1 aromatic rings. The summed E-state index contributed by atoms with van der Waals surface area (Å²) in [4.78, 5) is 50.4. The first-order valence-corrected chi connectivity index (χ1v) is 8.97. The Kier molecular flexibility index (Phi) is 4.28. The first-order chi connectivity index (χ1) is 13.2. The second-order valence-electron chi connectivity index (χ2n) is 6.84. The predicted molar refractivity (Wildman–Crippen MR) is 95.0 cm³/mol. The molecule has 2 fully saturated rings. The van der Waals surface area contributed by atoms with E-state index in [0.717, 1.165) is 18.7 Å². The molecular weight excluding hydrogens is 390 g/mol. The lowest BCUT2D eigenvalue weighted by molar-refractivity contribution is -0.226. The lowest BCUT2D eigenvalue weighted by Gasteiger charge is -2.34. The van der Waals surface area contributed by atoms with Gasteiger partial charge in [0.1, 0.15) is 0 Å². The standard InChI is InChI=1S/C19H16ClNO7/c1-9(22)26-18(27-10(2)23)19-8-7-13(28-19)14-15(19)17(25)21(16(14)24)12-5-3-11(20)4-6-12/h3-8,13-15,18H,1-2H3/t13-,14-,15-,19+/m1/s1. The number of benzene rings is 1. The lowest BCUT2D eigenvalue weighted by Crippen LogP contribution is -2.52. The Balaban J connectivity index is 1.74. The van der Waals surface area contributed by atoms with Crippen LogP contribution in [0.4, 0.5) is 5.69 Å². The first kappa shape index (κ1) is 18.6. The quantitative estimate of drug-likeness (QED) is 0.324. The van der Waals surface area contributed by atoms with Crippen molar-refractivity contribution in [2.45, 2.75) is 31.8 Å². The second-order valence-corrected chi connectivity index (χ2v) is 7.27. The monoisotopic (exact) mass is 405 g/mol. The van der Waals surface area contributed by atoms with Gasteiger partial charge >= 0.3 is 11.9 Å². The molecule has 1 aromatic carbocycles. The topological polar surface area (TPSA) is 99.2 Å². The summed E-state index contributed by atoms with van der Waals surface area (Å²) < 4.78 is 16.2. The zero-order chi connectivity index (χ0) is 20.2. The van der Waals surface area contributed by atoms with Crippen LogP contribution in [0.1, 0.15) is 13.8 Å². The van der Waals surface area contributed by atoms with Crippen LogP contribution in [0.2, 0.25) is 5.02 Å². The molecule has 9 heteroatoms. The zero-order valence-electron chi connectivity index (χ0n) is 15.0. The van der Waals surface area contributed by atoms with Crippen LogP contribution in [0.15, 0.2) is 36.4 Å². The van der Waals surface area contributed by atoms with E-state index in [1.807, 2.05) is 0 Å². The van der Waals surface area contributed by atoms with Gasteiger partial charge in [0.15, 0.2) is 5.60 Å². The van der Waals surface area contributed by atoms with Crippen LogP contribution in [-0.4, -0.2) is 41.7 Å². The number of hydrogen-bond donors (Lipinski definition) is 0. The summed E-state index contributed by atoms with van der Waals surface area (Å²) in [6.45, 7) is 2.30. The number of imide groups is 1. The number of carbonyl (C=O) groups is 4. The van der Waals surface area contributed by atoms with Gasteiger partial charge in [-0.15, -0.1) is 0 Å². The maximum Gasteiger partial charge on any atom is 0.305 e. The van der Waals surface area contributed by atoms with Crippen LogP contribution in [0.25, 0.3) is 0 Å². The molecule has 2 amide bonds. The van der Waals surface area contributed by atoms with Crippen molar-refractivity contribution in [2.24, 2.45) is 11.8 Å². The fourth-order valence-corrected chi connectivity index (χ4v) is 4.19. The fraction of sp³-hybridized carbons (Fsp3) is 0.368. The highest BCUT2D eigenvalue weighted by Crippen LogP contribution is 2.54. The van der Waals surface area contributed by atoms with Crippen LogP contribution < -0.4 is 4.90 Å². The number of halogens is 1. The van der Waals surface area contributed by atoms with E-state index in [0.29, 0.717) is 10.7 Å². The number of esters is 2. The number of nitrogens with zero attached hydrogens (tertiary/aromatic N) is 1. The molecule has 0 radical (unpaired) electrons. The maximum absolute atomic E-state index is 13.2. The molecule has 4 rings (SSSR count). The Morgan fingerprint density at radius 1 is 1.11 bits per heavy atom. The van der Waals surface area contributed by atoms with Crippen molar-refractivity contribution in [3.05, 3.63) is 41.4 Å². The third-order valence-electron chi connectivity index (χ3n) is 5.08. The minimum atomic E-state index is -1.55. The third kappa shape index (κ3) is 2.63. The molecule has 8 nitrogen and oxygen atoms in total. The van der Waals surface area contributed by atoms with Crippen LogP contribution in [0, 0.1) is 11.8 Å². The van der Waals surface area contributed by atoms with Gasteiger partial charge in [-0.05, 0) is 30.3 Å². The normalized spacial score (nSPS) is 30.1. The summed E-state index contributed by atoms with van der Waals surface area (Å²) in [6.07, 6.45) is 0.983. The van der Waals surface area contributed by atoms with Crippen molar-refractivity contribution in [2.75, 3.05) is 4.90 Å². The number of fused-ring (bicyclic) bond motifs is 5. The van der Waals surface area contributed by atoms with Gasteiger partial charge < -0.3 is 14.2 Å². The molecule has 0 N–H and O–H groups in total. The number of amides is 2. The van der Waals surface area contributed by atoms with Crippen LogP contribution >= 0.6 is 11.6 Å². The van der Waals surface area contributed by atoms with Gasteiger partial charge in [0.2, 0.25) is 11.8 Å². The first-order valence-electron chi connectivity index (χ1n) is 8.59. The number of carbonyl (C=O) groups excluding carboxylic acids is 4. The van der Waals surface area contributed by atoms with Gasteiger partial charge in [0, 0.05) is 18.9 Å². The molecule has 28 heavy (non-hydrogen) atoms. The van der Waals surface area contributed by atoms with Gasteiger partial charge in [-0.3, -0.25) is 19.2 Å². The molecule has 3 aliphatic heterocycles. The molecule has 2 bridgehead atoms. The van der Waals surface area contributed by atoms with E-state index in [1.165, 1.54) is 6.08 Å². The third-order valence-corrected chi connectivity index (χ3v) is 5.33. The Morgan fingerprint density at radius 3 is 2.29 bits per heavy atom. The summed E-state index contributed by atoms with van der Waals surface area (Å²) in [5.74, 6) is -4.17. The Morgan fingerprint density at radius 2 is 1.71 bits per heavy atom.